The van der Waals surface area contributed by atoms with Gasteiger partial charge in [0.2, 0.25) is 0 Å². The van der Waals surface area contributed by atoms with Crippen molar-refractivity contribution in [3.05, 3.63) is 205 Å². The van der Waals surface area contributed by atoms with Gasteiger partial charge in [0.15, 0.2) is 0 Å². The highest BCUT2D eigenvalue weighted by Gasteiger charge is 2.74. The maximum atomic E-state index is 2.50. The molecule has 0 radical (unpaired) electrons. The fraction of sp³-hybridized carbons (Fsp3) is 0.154. The minimum Gasteiger partial charge on any atom is -0.310 e. The molecular weight excluding hydrogens is 653 g/mol. The number of aromatic nitrogens is 1. The fourth-order valence-electron chi connectivity index (χ4n) is 10.5. The quantitative estimate of drug-likeness (QED) is 0.168. The molecule has 7 aromatic rings. The molecule has 0 bridgehead atoms. The first-order valence-electron chi connectivity index (χ1n) is 19.5. The van der Waals surface area contributed by atoms with Crippen molar-refractivity contribution >= 4 is 44.6 Å². The summed E-state index contributed by atoms with van der Waals surface area (Å²) in [4.78, 5) is 2.45. The topological polar surface area (TPSA) is 8.17 Å². The second kappa shape index (κ2) is 11.7. The van der Waals surface area contributed by atoms with Crippen molar-refractivity contribution < 1.29 is 0 Å². The normalized spacial score (nSPS) is 22.9. The second-order valence-electron chi connectivity index (χ2n) is 16.1. The number of anilines is 3. The lowest BCUT2D eigenvalue weighted by molar-refractivity contribution is 0.355. The molecule has 1 spiro atoms. The van der Waals surface area contributed by atoms with Crippen molar-refractivity contribution in [1.29, 1.82) is 0 Å². The van der Waals surface area contributed by atoms with Gasteiger partial charge >= 0.3 is 0 Å². The van der Waals surface area contributed by atoms with Crippen LogP contribution in [-0.2, 0) is 5.41 Å². The molecule has 6 aromatic carbocycles. The van der Waals surface area contributed by atoms with Crippen LogP contribution in [0.4, 0.5) is 17.1 Å². The molecular formula is C52H42N2. The number of fused-ring (bicyclic) bond motifs is 6. The summed E-state index contributed by atoms with van der Waals surface area (Å²) >= 11 is 0. The molecule has 1 aromatic heterocycles. The van der Waals surface area contributed by atoms with Gasteiger partial charge < -0.3 is 9.47 Å². The molecule has 0 aliphatic heterocycles. The molecule has 1 heterocycles. The van der Waals surface area contributed by atoms with Gasteiger partial charge in [-0.25, -0.2) is 0 Å². The van der Waals surface area contributed by atoms with Crippen LogP contribution in [-0.4, -0.2) is 4.57 Å². The van der Waals surface area contributed by atoms with Gasteiger partial charge in [0.05, 0.1) is 11.0 Å². The van der Waals surface area contributed by atoms with E-state index in [-0.39, 0.29) is 10.8 Å². The zero-order chi connectivity index (χ0) is 36.0. The van der Waals surface area contributed by atoms with Gasteiger partial charge in [0.25, 0.3) is 0 Å². The van der Waals surface area contributed by atoms with Gasteiger partial charge in [-0.1, -0.05) is 147 Å². The first-order valence-corrected chi connectivity index (χ1v) is 19.5. The van der Waals surface area contributed by atoms with Crippen LogP contribution >= 0.6 is 0 Å². The molecule has 1 saturated carbocycles. The lowest BCUT2D eigenvalue weighted by atomic mass is 9.70. The highest BCUT2D eigenvalue weighted by atomic mass is 15.1. The molecule has 0 N–H and O–H groups in total. The first kappa shape index (κ1) is 31.4. The lowest BCUT2D eigenvalue weighted by Crippen LogP contribution is -2.29. The Morgan fingerprint density at radius 2 is 1.24 bits per heavy atom. The summed E-state index contributed by atoms with van der Waals surface area (Å²) in [7, 11) is 0. The average molecular weight is 695 g/mol. The van der Waals surface area contributed by atoms with Gasteiger partial charge in [-0.15, -0.1) is 0 Å². The van der Waals surface area contributed by atoms with Gasteiger partial charge in [0.1, 0.15) is 0 Å². The van der Waals surface area contributed by atoms with E-state index in [0.717, 1.165) is 12.1 Å². The van der Waals surface area contributed by atoms with Crippen LogP contribution in [0.1, 0.15) is 48.8 Å². The Morgan fingerprint density at radius 1 is 0.611 bits per heavy atom. The molecule has 4 aliphatic rings. The van der Waals surface area contributed by atoms with E-state index in [1.807, 2.05) is 0 Å². The molecule has 2 nitrogen and oxygen atoms in total. The highest BCUT2D eigenvalue weighted by Crippen LogP contribution is 2.80. The van der Waals surface area contributed by atoms with Gasteiger partial charge in [-0.2, -0.15) is 0 Å². The number of nitrogens with zero attached hydrogens (tertiary/aromatic N) is 2. The van der Waals surface area contributed by atoms with E-state index < -0.39 is 0 Å². The van der Waals surface area contributed by atoms with E-state index in [0.29, 0.717) is 17.8 Å². The molecule has 11 rings (SSSR count). The number of allylic oxidation sites excluding steroid dienone is 8. The minimum atomic E-state index is 0.0561. The summed E-state index contributed by atoms with van der Waals surface area (Å²) in [6.07, 6.45) is 17.5. The van der Waals surface area contributed by atoms with Crippen LogP contribution in [0.3, 0.4) is 0 Å². The number of benzene rings is 6. The average Bonchev–Trinajstić information content (AvgIpc) is 3.76. The Balaban J connectivity index is 0.933. The Hall–Kier alpha value is -6.12. The summed E-state index contributed by atoms with van der Waals surface area (Å²) in [5.41, 5.74) is 14.4. The third-order valence-electron chi connectivity index (χ3n) is 13.2. The molecule has 0 amide bonds. The molecule has 260 valence electrons. The summed E-state index contributed by atoms with van der Waals surface area (Å²) < 4.78 is 2.42. The van der Waals surface area contributed by atoms with Crippen LogP contribution in [0.5, 0.6) is 0 Å². The smallest absolute Gasteiger partial charge is 0.0540 e. The second-order valence-corrected chi connectivity index (χ2v) is 16.1. The molecule has 4 atom stereocenters. The zero-order valence-corrected chi connectivity index (χ0v) is 30.7. The summed E-state index contributed by atoms with van der Waals surface area (Å²) in [6, 6.07) is 53.8. The van der Waals surface area contributed by atoms with Crippen LogP contribution in [0.2, 0.25) is 0 Å². The molecule has 54 heavy (non-hydrogen) atoms. The Morgan fingerprint density at radius 3 is 1.93 bits per heavy atom. The number of para-hydroxylation sites is 2. The third-order valence-corrected chi connectivity index (χ3v) is 13.2. The maximum absolute atomic E-state index is 2.50. The largest absolute Gasteiger partial charge is 0.310 e. The van der Waals surface area contributed by atoms with Crippen molar-refractivity contribution in [1.82, 2.24) is 4.57 Å². The molecule has 0 saturated heterocycles. The van der Waals surface area contributed by atoms with Crippen LogP contribution < -0.4 is 4.90 Å². The minimum absolute atomic E-state index is 0.0561. The standard InChI is InChI=1S/C52H42N2/c1-51(2)47-34-42(31-32-45(47)50-46-16-10-11-33-52(46,50)51)53(39-25-19-36(20-26-39)35-12-4-3-5-13-35)40-27-21-37(22-28-40)38-23-29-41(30-24-38)54-48-17-8-6-14-43(48)44-15-7-9-18-49(44)54/h3-23,25-34,38,46,50H,24H2,1-2H3. The molecule has 2 heteroatoms. The number of hydrogen-bond acceptors (Lipinski definition) is 1. The molecule has 4 unspecified atom stereocenters. The van der Waals surface area contributed by atoms with Crippen molar-refractivity contribution in [2.75, 3.05) is 4.90 Å². The van der Waals surface area contributed by atoms with E-state index in [1.165, 1.54) is 66.7 Å². The zero-order valence-electron chi connectivity index (χ0n) is 30.7. The van der Waals surface area contributed by atoms with Gasteiger partial charge in [-0.05, 0) is 94.8 Å². The van der Waals surface area contributed by atoms with Crippen molar-refractivity contribution in [3.63, 3.8) is 0 Å². The predicted octanol–water partition coefficient (Wildman–Crippen LogP) is 13.6. The number of hydrogen-bond donors (Lipinski definition) is 0. The van der Waals surface area contributed by atoms with E-state index in [9.17, 15) is 0 Å². The molecule has 1 fully saturated rings. The SMILES string of the molecule is CC1(C)c2cc(N(c3ccc(-c4ccccc4)cc3)c3ccc(C4C=CC(n5c6ccccc6c6ccccc65)=CC4)cc3)ccc2C2C3C=CC=CC321. The Bertz CT molecular complexity index is 2670. The van der Waals surface area contributed by atoms with Crippen molar-refractivity contribution in [3.8, 4) is 11.1 Å². The van der Waals surface area contributed by atoms with Crippen molar-refractivity contribution in [2.24, 2.45) is 11.3 Å². The fourth-order valence-corrected chi connectivity index (χ4v) is 10.5. The monoisotopic (exact) mass is 694 g/mol. The van der Waals surface area contributed by atoms with Crippen molar-refractivity contribution in [2.45, 2.75) is 37.5 Å². The Kier molecular flexibility index (Phi) is 6.80. The highest BCUT2D eigenvalue weighted by molar-refractivity contribution is 6.10. The predicted molar refractivity (Wildman–Crippen MR) is 227 cm³/mol. The maximum Gasteiger partial charge on any atom is 0.0540 e. The summed E-state index contributed by atoms with van der Waals surface area (Å²) in [5, 5.41) is 2.60. The number of rotatable bonds is 6. The van der Waals surface area contributed by atoms with Crippen LogP contribution in [0, 0.1) is 11.3 Å². The Labute approximate surface area is 317 Å². The summed E-state index contributed by atoms with van der Waals surface area (Å²) in [5.74, 6) is 1.52. The van der Waals surface area contributed by atoms with Gasteiger partial charge in [0, 0.05) is 56.2 Å². The van der Waals surface area contributed by atoms with Crippen LogP contribution in [0.15, 0.2) is 188 Å². The lowest BCUT2D eigenvalue weighted by Gasteiger charge is -2.34. The molecule has 4 aliphatic carbocycles. The van der Waals surface area contributed by atoms with Gasteiger partial charge in [-0.3, -0.25) is 0 Å². The van der Waals surface area contributed by atoms with E-state index in [1.54, 1.807) is 0 Å². The summed E-state index contributed by atoms with van der Waals surface area (Å²) in [6.45, 7) is 4.93. The van der Waals surface area contributed by atoms with E-state index >= 15 is 0 Å². The first-order chi connectivity index (χ1) is 26.5. The van der Waals surface area contributed by atoms with E-state index in [2.05, 4.69) is 211 Å². The van der Waals surface area contributed by atoms with Crippen LogP contribution in [0.25, 0.3) is 38.6 Å². The van der Waals surface area contributed by atoms with E-state index in [4.69, 9.17) is 0 Å². The third kappa shape index (κ3) is 4.46.